The molecule has 23 valence electrons. The van der Waals surface area contributed by atoms with Crippen LogP contribution in [0.25, 0.3) is 0 Å². The molecular formula is H2BaGaGeO2. The van der Waals surface area contributed by atoms with Crippen molar-refractivity contribution in [3.8, 4) is 0 Å². The minimum Gasteiger partial charge on any atom is -2.00 e. The van der Waals surface area contributed by atoms with E-state index in [9.17, 15) is 0 Å². The molecule has 0 atom stereocenters. The average molecular weight is 314 g/mol. The predicted molar refractivity (Wildman–Crippen MR) is 21.4 cm³/mol. The summed E-state index contributed by atoms with van der Waals surface area (Å²) >= 11 is 0. The summed E-state index contributed by atoms with van der Waals surface area (Å²) in [5.74, 6) is 0. The Balaban J connectivity index is 0. The van der Waals surface area contributed by atoms with Gasteiger partial charge in [0.1, 0.15) is 0 Å². The fourth-order valence-electron chi connectivity index (χ4n) is 0. The Bertz CT molecular complexity index is 9.61. The van der Waals surface area contributed by atoms with Crippen molar-refractivity contribution in [2.75, 3.05) is 0 Å². The molecule has 0 aliphatic carbocycles. The van der Waals surface area contributed by atoms with Crippen molar-refractivity contribution >= 4 is 86.3 Å². The maximum atomic E-state index is 0. The summed E-state index contributed by atoms with van der Waals surface area (Å²) in [6, 6.07) is 0. The van der Waals surface area contributed by atoms with Crippen LogP contribution in [0.1, 0.15) is 0 Å². The van der Waals surface area contributed by atoms with Gasteiger partial charge in [-0.15, -0.1) is 0 Å². The largest absolute Gasteiger partial charge is 4.00 e. The van der Waals surface area contributed by atoms with Gasteiger partial charge in [-0.3, -0.25) is 0 Å². The van der Waals surface area contributed by atoms with Crippen LogP contribution in [-0.4, -0.2) is 86.3 Å². The fraction of sp³-hybridized carbons (Fsp3) is 0. The zero-order chi connectivity index (χ0) is 0. The van der Waals surface area contributed by atoms with Crippen LogP contribution in [0, 0.1) is 0 Å². The summed E-state index contributed by atoms with van der Waals surface area (Å²) in [4.78, 5) is 0. The monoisotopic (exact) mass is 315 g/mol. The van der Waals surface area contributed by atoms with Crippen molar-refractivity contribution in [1.29, 1.82) is 0 Å². The van der Waals surface area contributed by atoms with Crippen LogP contribution in [0.3, 0.4) is 0 Å². The van der Waals surface area contributed by atoms with E-state index in [-0.39, 0.29) is 97.2 Å². The van der Waals surface area contributed by atoms with Crippen molar-refractivity contribution in [1.82, 2.24) is 0 Å². The first-order valence-corrected chi connectivity index (χ1v) is 0. The molecule has 0 fully saturated rings. The fourth-order valence-corrected chi connectivity index (χ4v) is 0. The minimum atomic E-state index is 0. The van der Waals surface area contributed by atoms with Crippen LogP contribution in [0.15, 0.2) is 0 Å². The maximum Gasteiger partial charge on any atom is 4.00 e. The van der Waals surface area contributed by atoms with E-state index in [0.29, 0.717) is 0 Å². The summed E-state index contributed by atoms with van der Waals surface area (Å²) < 4.78 is 0. The van der Waals surface area contributed by atoms with Crippen LogP contribution in [0.2, 0.25) is 0 Å². The molecule has 0 saturated heterocycles. The van der Waals surface area contributed by atoms with Crippen molar-refractivity contribution in [2.24, 2.45) is 0 Å². The summed E-state index contributed by atoms with van der Waals surface area (Å²) in [6.07, 6.45) is 0. The SMILES string of the molecule is [BaH2].[Ga].[Ge+4].[O-2].[O-2]. The zero-order valence-electron chi connectivity index (χ0n) is 1.89. The van der Waals surface area contributed by atoms with Crippen LogP contribution < -0.4 is 0 Å². The molecule has 0 aliphatic rings. The quantitative estimate of drug-likeness (QED) is 0.469. The molecule has 5 heteroatoms. The van der Waals surface area contributed by atoms with Crippen LogP contribution in [0.4, 0.5) is 0 Å². The van der Waals surface area contributed by atoms with E-state index in [0.717, 1.165) is 0 Å². The van der Waals surface area contributed by atoms with Gasteiger partial charge in [-0.1, -0.05) is 0 Å². The maximum absolute atomic E-state index is 0. The van der Waals surface area contributed by atoms with Gasteiger partial charge in [0.05, 0.1) is 0 Å². The number of hydrogen-bond acceptors (Lipinski definition) is 0. The van der Waals surface area contributed by atoms with E-state index in [1.54, 1.807) is 0 Å². The molecule has 0 bridgehead atoms. The summed E-state index contributed by atoms with van der Waals surface area (Å²) in [5, 5.41) is 0. The van der Waals surface area contributed by atoms with Gasteiger partial charge >= 0.3 is 66.5 Å². The summed E-state index contributed by atoms with van der Waals surface area (Å²) in [7, 11) is 0. The Morgan fingerprint density at radius 1 is 0.800 bits per heavy atom. The third kappa shape index (κ3) is 20.4. The molecule has 3 radical (unpaired) electrons. The second kappa shape index (κ2) is 30.1. The van der Waals surface area contributed by atoms with Crippen molar-refractivity contribution in [3.05, 3.63) is 0 Å². The molecular weight excluding hydrogens is 312 g/mol. The molecule has 5 heavy (non-hydrogen) atoms. The zero-order valence-corrected chi connectivity index (χ0v) is 6.41. The van der Waals surface area contributed by atoms with E-state index < -0.39 is 0 Å². The van der Waals surface area contributed by atoms with Crippen LogP contribution >= 0.6 is 0 Å². The molecule has 0 amide bonds. The van der Waals surface area contributed by atoms with Gasteiger partial charge in [0.15, 0.2) is 0 Å². The van der Waals surface area contributed by atoms with E-state index in [1.807, 2.05) is 0 Å². The van der Waals surface area contributed by atoms with E-state index in [1.165, 1.54) is 0 Å². The molecule has 0 saturated carbocycles. The second-order valence-corrected chi connectivity index (χ2v) is 0. The van der Waals surface area contributed by atoms with E-state index in [4.69, 9.17) is 0 Å². The molecule has 0 aromatic carbocycles. The predicted octanol–water partition coefficient (Wildman–Crippen LogP) is -1.92. The Morgan fingerprint density at radius 3 is 0.800 bits per heavy atom. The molecule has 0 rings (SSSR count). The Kier molecular flexibility index (Phi) is 288. The Morgan fingerprint density at radius 2 is 0.800 bits per heavy atom. The first-order valence-electron chi connectivity index (χ1n) is 0. The number of hydrogen-bond donors (Lipinski definition) is 0. The molecule has 0 aromatic heterocycles. The van der Waals surface area contributed by atoms with Gasteiger partial charge in [-0.25, -0.2) is 0 Å². The van der Waals surface area contributed by atoms with Crippen LogP contribution in [0.5, 0.6) is 0 Å². The van der Waals surface area contributed by atoms with Crippen LogP contribution in [-0.2, 0) is 11.0 Å². The van der Waals surface area contributed by atoms with Gasteiger partial charge in [-0.2, -0.15) is 0 Å². The van der Waals surface area contributed by atoms with Gasteiger partial charge in [0.25, 0.3) is 0 Å². The third-order valence-corrected chi connectivity index (χ3v) is 0. The van der Waals surface area contributed by atoms with Crippen molar-refractivity contribution in [3.63, 3.8) is 0 Å². The molecule has 0 N–H and O–H groups in total. The van der Waals surface area contributed by atoms with Gasteiger partial charge in [0, 0.05) is 19.8 Å². The molecule has 0 heterocycles. The Labute approximate surface area is 95.2 Å². The molecule has 2 nitrogen and oxygen atoms in total. The van der Waals surface area contributed by atoms with Gasteiger partial charge in [-0.05, 0) is 0 Å². The Hall–Kier alpha value is 2.67. The average Bonchev–Trinajstić information content (AvgIpc) is 0. The third-order valence-electron chi connectivity index (χ3n) is 0. The smallest absolute Gasteiger partial charge is 2.00 e. The van der Waals surface area contributed by atoms with E-state index >= 15 is 0 Å². The molecule has 0 spiro atoms. The van der Waals surface area contributed by atoms with E-state index in [2.05, 4.69) is 0 Å². The summed E-state index contributed by atoms with van der Waals surface area (Å²) in [6.45, 7) is 0. The standard InChI is InChI=1S/Ba.Ga.Ge.2O.2H/q;;+4;2*-2;;. The normalized spacial score (nSPS) is 0. The first kappa shape index (κ1) is 47.9. The van der Waals surface area contributed by atoms with Gasteiger partial charge in [0.2, 0.25) is 0 Å². The molecule has 0 aliphatic heterocycles. The summed E-state index contributed by atoms with van der Waals surface area (Å²) in [5.41, 5.74) is 0. The molecule has 0 aromatic rings. The van der Waals surface area contributed by atoms with Crippen molar-refractivity contribution < 1.29 is 11.0 Å². The molecule has 0 unspecified atom stereocenters. The number of rotatable bonds is 0. The van der Waals surface area contributed by atoms with Gasteiger partial charge < -0.3 is 11.0 Å². The first-order chi connectivity index (χ1) is 0. The topological polar surface area (TPSA) is 57.0 Å². The second-order valence-electron chi connectivity index (χ2n) is 0. The minimum absolute atomic E-state index is 0. The van der Waals surface area contributed by atoms with Crippen molar-refractivity contribution in [2.45, 2.75) is 0 Å².